The minimum Gasteiger partial charge on any atom is -0.477 e. The van der Waals surface area contributed by atoms with E-state index in [0.717, 1.165) is 5.56 Å². The molecule has 0 heterocycles. The van der Waals surface area contributed by atoms with E-state index < -0.39 is 5.97 Å². The SMILES string of the molecule is C/C(=N/OC/C=C/c1cccc(C#N)c1)C(=O)O. The van der Waals surface area contributed by atoms with Gasteiger partial charge in [-0.2, -0.15) is 5.26 Å². The van der Waals surface area contributed by atoms with Gasteiger partial charge in [0.2, 0.25) is 0 Å². The molecule has 0 unspecified atom stereocenters. The van der Waals surface area contributed by atoms with Gasteiger partial charge in [-0.15, -0.1) is 0 Å². The van der Waals surface area contributed by atoms with E-state index in [9.17, 15) is 4.79 Å². The molecule has 0 saturated carbocycles. The summed E-state index contributed by atoms with van der Waals surface area (Å²) < 4.78 is 0. The van der Waals surface area contributed by atoms with Crippen LogP contribution in [0.3, 0.4) is 0 Å². The minimum atomic E-state index is -1.11. The van der Waals surface area contributed by atoms with Crippen LogP contribution in [-0.4, -0.2) is 23.4 Å². The zero-order valence-corrected chi connectivity index (χ0v) is 9.83. The van der Waals surface area contributed by atoms with E-state index in [1.165, 1.54) is 6.92 Å². The molecule has 0 bridgehead atoms. The summed E-state index contributed by atoms with van der Waals surface area (Å²) in [6.07, 6.45) is 3.46. The normalized spacial score (nSPS) is 11.2. The van der Waals surface area contributed by atoms with Crippen molar-refractivity contribution in [3.8, 4) is 6.07 Å². The number of carboxylic acid groups (broad SMARTS) is 1. The van der Waals surface area contributed by atoms with Crippen molar-refractivity contribution in [1.82, 2.24) is 0 Å². The van der Waals surface area contributed by atoms with Gasteiger partial charge in [0, 0.05) is 0 Å². The summed E-state index contributed by atoms with van der Waals surface area (Å²) in [5, 5.41) is 20.6. The fraction of sp³-hybridized carbons (Fsp3) is 0.154. The fourth-order valence-electron chi connectivity index (χ4n) is 1.11. The molecule has 1 rings (SSSR count). The standard InChI is InChI=1S/C13H12N2O3/c1-10(13(16)17)15-18-7-3-6-11-4-2-5-12(8-11)9-14/h2-6,8H,7H2,1H3,(H,16,17)/b6-3+,15-10-. The molecule has 5 nitrogen and oxygen atoms in total. The number of carbonyl (C=O) groups is 1. The van der Waals surface area contributed by atoms with E-state index >= 15 is 0 Å². The first kappa shape index (κ1) is 13.5. The van der Waals surface area contributed by atoms with Crippen molar-refractivity contribution >= 4 is 17.8 Å². The Morgan fingerprint density at radius 1 is 1.61 bits per heavy atom. The molecule has 0 fully saturated rings. The summed E-state index contributed by atoms with van der Waals surface area (Å²) in [4.78, 5) is 15.2. The van der Waals surface area contributed by atoms with Crippen molar-refractivity contribution in [1.29, 1.82) is 5.26 Å². The number of hydrogen-bond acceptors (Lipinski definition) is 4. The van der Waals surface area contributed by atoms with Gasteiger partial charge in [0.05, 0.1) is 11.6 Å². The molecule has 0 aliphatic rings. The van der Waals surface area contributed by atoms with Crippen LogP contribution in [0.4, 0.5) is 0 Å². The maximum atomic E-state index is 10.4. The molecule has 1 N–H and O–H groups in total. The molecule has 0 atom stereocenters. The third-order valence-electron chi connectivity index (χ3n) is 2.01. The maximum absolute atomic E-state index is 10.4. The fourth-order valence-corrected chi connectivity index (χ4v) is 1.11. The zero-order valence-electron chi connectivity index (χ0n) is 9.83. The molecule has 0 aromatic heterocycles. The third-order valence-corrected chi connectivity index (χ3v) is 2.01. The lowest BCUT2D eigenvalue weighted by Crippen LogP contribution is -2.08. The summed E-state index contributed by atoms with van der Waals surface area (Å²) in [5.41, 5.74) is 1.35. The molecule has 0 spiro atoms. The van der Waals surface area contributed by atoms with Gasteiger partial charge in [-0.25, -0.2) is 4.79 Å². The van der Waals surface area contributed by atoms with Crippen LogP contribution in [0, 0.1) is 11.3 Å². The predicted molar refractivity (Wildman–Crippen MR) is 66.9 cm³/mol. The molecular weight excluding hydrogens is 232 g/mol. The Morgan fingerprint density at radius 2 is 2.39 bits per heavy atom. The smallest absolute Gasteiger partial charge is 0.353 e. The molecule has 5 heteroatoms. The van der Waals surface area contributed by atoms with Gasteiger partial charge in [-0.3, -0.25) is 0 Å². The molecule has 0 saturated heterocycles. The molecule has 0 aliphatic carbocycles. The first-order valence-corrected chi connectivity index (χ1v) is 5.20. The highest BCUT2D eigenvalue weighted by atomic mass is 16.6. The Kier molecular flexibility index (Phi) is 5.13. The average molecular weight is 244 g/mol. The Bertz CT molecular complexity index is 527. The maximum Gasteiger partial charge on any atom is 0.353 e. The quantitative estimate of drug-likeness (QED) is 0.488. The monoisotopic (exact) mass is 244 g/mol. The molecule has 0 aliphatic heterocycles. The number of oxime groups is 1. The van der Waals surface area contributed by atoms with E-state index in [1.54, 1.807) is 30.4 Å². The van der Waals surface area contributed by atoms with Crippen LogP contribution in [0.2, 0.25) is 0 Å². The van der Waals surface area contributed by atoms with Gasteiger partial charge in [-0.05, 0) is 30.7 Å². The third kappa shape index (κ3) is 4.49. The van der Waals surface area contributed by atoms with Crippen LogP contribution in [0.1, 0.15) is 18.1 Å². The van der Waals surface area contributed by atoms with Crippen molar-refractivity contribution in [2.75, 3.05) is 6.61 Å². The number of hydrogen-bond donors (Lipinski definition) is 1. The number of nitrogens with zero attached hydrogens (tertiary/aromatic N) is 2. The van der Waals surface area contributed by atoms with E-state index in [-0.39, 0.29) is 12.3 Å². The van der Waals surface area contributed by atoms with Crippen molar-refractivity contribution in [2.45, 2.75) is 6.92 Å². The van der Waals surface area contributed by atoms with Crippen LogP contribution in [0.5, 0.6) is 0 Å². The van der Waals surface area contributed by atoms with Crippen molar-refractivity contribution < 1.29 is 14.7 Å². The van der Waals surface area contributed by atoms with Crippen molar-refractivity contribution in [2.24, 2.45) is 5.16 Å². The van der Waals surface area contributed by atoms with E-state index in [0.29, 0.717) is 5.56 Å². The highest BCUT2D eigenvalue weighted by Gasteiger charge is 2.00. The van der Waals surface area contributed by atoms with Crippen molar-refractivity contribution in [3.05, 3.63) is 41.5 Å². The molecule has 92 valence electrons. The first-order valence-electron chi connectivity index (χ1n) is 5.20. The van der Waals surface area contributed by atoms with Gasteiger partial charge < -0.3 is 9.94 Å². The summed E-state index contributed by atoms with van der Waals surface area (Å²) in [6, 6.07) is 9.13. The summed E-state index contributed by atoms with van der Waals surface area (Å²) in [7, 11) is 0. The molecular formula is C13H12N2O3. The number of rotatable bonds is 5. The number of aliphatic carboxylic acids is 1. The largest absolute Gasteiger partial charge is 0.477 e. The van der Waals surface area contributed by atoms with Crippen LogP contribution in [0.25, 0.3) is 6.08 Å². The van der Waals surface area contributed by atoms with E-state index in [2.05, 4.69) is 5.16 Å². The van der Waals surface area contributed by atoms with Crippen LogP contribution < -0.4 is 0 Å². The topological polar surface area (TPSA) is 82.7 Å². The lowest BCUT2D eigenvalue weighted by molar-refractivity contribution is -0.129. The van der Waals surface area contributed by atoms with Gasteiger partial charge >= 0.3 is 5.97 Å². The molecule has 1 aromatic carbocycles. The number of nitriles is 1. The Labute approximate surface area is 105 Å². The lowest BCUT2D eigenvalue weighted by Gasteiger charge is -1.96. The Hall–Kier alpha value is -2.61. The second-order valence-electron chi connectivity index (χ2n) is 3.42. The van der Waals surface area contributed by atoms with Gasteiger partial charge in [0.1, 0.15) is 6.61 Å². The Morgan fingerprint density at radius 3 is 3.06 bits per heavy atom. The molecule has 18 heavy (non-hydrogen) atoms. The number of benzene rings is 1. The van der Waals surface area contributed by atoms with Crippen LogP contribution in [0.15, 0.2) is 35.5 Å². The van der Waals surface area contributed by atoms with Crippen LogP contribution in [-0.2, 0) is 9.63 Å². The van der Waals surface area contributed by atoms with Gasteiger partial charge in [0.25, 0.3) is 0 Å². The number of carboxylic acids is 1. The second-order valence-corrected chi connectivity index (χ2v) is 3.42. The Balaban J connectivity index is 2.49. The second kappa shape index (κ2) is 6.86. The van der Waals surface area contributed by atoms with E-state index in [1.807, 2.05) is 12.1 Å². The van der Waals surface area contributed by atoms with Crippen molar-refractivity contribution in [3.63, 3.8) is 0 Å². The zero-order chi connectivity index (χ0) is 13.4. The molecule has 1 aromatic rings. The minimum absolute atomic E-state index is 0.102. The molecule has 0 radical (unpaired) electrons. The van der Waals surface area contributed by atoms with E-state index in [4.69, 9.17) is 15.2 Å². The lowest BCUT2D eigenvalue weighted by atomic mass is 10.1. The average Bonchev–Trinajstić information content (AvgIpc) is 2.38. The summed E-state index contributed by atoms with van der Waals surface area (Å²) >= 11 is 0. The predicted octanol–water partition coefficient (Wildman–Crippen LogP) is 2.05. The van der Waals surface area contributed by atoms with Gasteiger partial charge in [-0.1, -0.05) is 23.4 Å². The highest BCUT2D eigenvalue weighted by Crippen LogP contribution is 2.05. The first-order chi connectivity index (χ1) is 8.63. The molecule has 0 amide bonds. The summed E-state index contributed by atoms with van der Waals surface area (Å²) in [6.45, 7) is 1.52. The van der Waals surface area contributed by atoms with Crippen LogP contribution >= 0.6 is 0 Å². The van der Waals surface area contributed by atoms with Gasteiger partial charge in [0.15, 0.2) is 5.71 Å². The highest BCUT2D eigenvalue weighted by molar-refractivity contribution is 6.34. The summed E-state index contributed by atoms with van der Waals surface area (Å²) in [5.74, 6) is -1.11.